The van der Waals surface area contributed by atoms with Crippen LogP contribution in [0.2, 0.25) is 0 Å². The Morgan fingerprint density at radius 2 is 1.00 bits per heavy atom. The van der Waals surface area contributed by atoms with Crippen LogP contribution in [0.4, 0.5) is 0 Å². The van der Waals surface area contributed by atoms with Crippen LogP contribution in [-0.4, -0.2) is 9.38 Å². The molecule has 0 unspecified atom stereocenters. The lowest BCUT2D eigenvalue weighted by Gasteiger charge is -2.09. The lowest BCUT2D eigenvalue weighted by atomic mass is 9.94. The van der Waals surface area contributed by atoms with Crippen molar-refractivity contribution in [3.05, 3.63) is 115 Å². The van der Waals surface area contributed by atoms with Gasteiger partial charge >= 0.3 is 0 Å². The standard InChI is InChI=1S/C36H20N2/c1-2-9-21-17-28-27(16-20(21)8-1)32-29-18-22-10-3-4-11-23(22)19-30(29)37-34(32)36-33(28)26-14-7-13-25-24-12-5-6-15-31(24)38(36)35(25)26/h1-19,37H. The number of nitrogens with one attached hydrogen (secondary N) is 1. The monoisotopic (exact) mass is 480 g/mol. The van der Waals surface area contributed by atoms with E-state index < -0.39 is 0 Å². The van der Waals surface area contributed by atoms with E-state index in [1.165, 1.54) is 92.2 Å². The molecule has 0 bridgehead atoms. The van der Waals surface area contributed by atoms with Crippen LogP contribution in [-0.2, 0) is 0 Å². The van der Waals surface area contributed by atoms with Crippen LogP contribution in [0.15, 0.2) is 115 Å². The fraction of sp³-hybridized carbons (Fsp3) is 0. The van der Waals surface area contributed by atoms with Gasteiger partial charge in [-0.25, -0.2) is 0 Å². The molecule has 38 heavy (non-hydrogen) atoms. The summed E-state index contributed by atoms with van der Waals surface area (Å²) >= 11 is 0. The molecule has 0 amide bonds. The van der Waals surface area contributed by atoms with Crippen LogP contribution in [0.5, 0.6) is 0 Å². The summed E-state index contributed by atoms with van der Waals surface area (Å²) in [5.41, 5.74) is 6.25. The molecule has 2 nitrogen and oxygen atoms in total. The highest BCUT2D eigenvalue weighted by atomic mass is 14.9. The van der Waals surface area contributed by atoms with Gasteiger partial charge in [-0.3, -0.25) is 0 Å². The Bertz CT molecular complexity index is 2610. The van der Waals surface area contributed by atoms with Gasteiger partial charge in [-0.2, -0.15) is 0 Å². The van der Waals surface area contributed by atoms with Crippen molar-refractivity contribution in [1.82, 2.24) is 9.38 Å². The van der Waals surface area contributed by atoms with Crippen LogP contribution >= 0.6 is 0 Å². The molecule has 10 rings (SSSR count). The molecule has 10 aromatic rings. The third-order valence-corrected chi connectivity index (χ3v) is 8.75. The van der Waals surface area contributed by atoms with Crippen molar-refractivity contribution in [2.75, 3.05) is 0 Å². The van der Waals surface area contributed by atoms with Crippen molar-refractivity contribution in [3.63, 3.8) is 0 Å². The van der Waals surface area contributed by atoms with Gasteiger partial charge in [-0.05, 0) is 62.6 Å². The Morgan fingerprint density at radius 1 is 0.421 bits per heavy atom. The number of fused-ring (bicyclic) bond motifs is 15. The maximum Gasteiger partial charge on any atom is 0.0790 e. The zero-order chi connectivity index (χ0) is 24.5. The average Bonchev–Trinajstić information content (AvgIpc) is 3.62. The lowest BCUT2D eigenvalue weighted by molar-refractivity contribution is 1.37. The van der Waals surface area contributed by atoms with E-state index in [1.54, 1.807) is 0 Å². The molecule has 0 spiro atoms. The molecule has 7 aromatic carbocycles. The van der Waals surface area contributed by atoms with E-state index in [1.807, 2.05) is 0 Å². The highest BCUT2D eigenvalue weighted by Gasteiger charge is 2.23. The van der Waals surface area contributed by atoms with Crippen LogP contribution in [0.1, 0.15) is 0 Å². The van der Waals surface area contributed by atoms with Crippen LogP contribution in [0, 0.1) is 0 Å². The summed E-state index contributed by atoms with van der Waals surface area (Å²) in [7, 11) is 0. The minimum absolute atomic E-state index is 1.19. The molecule has 0 aliphatic heterocycles. The molecular formula is C36H20N2. The average molecular weight is 481 g/mol. The Hall–Kier alpha value is -5.08. The first kappa shape index (κ1) is 19.1. The third-order valence-electron chi connectivity index (χ3n) is 8.75. The number of H-pyrrole nitrogens is 1. The summed E-state index contributed by atoms with van der Waals surface area (Å²) in [5.74, 6) is 0. The minimum Gasteiger partial charge on any atom is -0.353 e. The number of aromatic amines is 1. The van der Waals surface area contributed by atoms with Crippen molar-refractivity contribution in [1.29, 1.82) is 0 Å². The summed E-state index contributed by atoms with van der Waals surface area (Å²) in [5, 5.41) is 15.6. The highest BCUT2D eigenvalue weighted by Crippen LogP contribution is 2.47. The number of rotatable bonds is 0. The van der Waals surface area contributed by atoms with Gasteiger partial charge in [-0.1, -0.05) is 84.9 Å². The molecule has 3 aromatic heterocycles. The van der Waals surface area contributed by atoms with Crippen molar-refractivity contribution >= 4 is 92.2 Å². The van der Waals surface area contributed by atoms with E-state index in [0.717, 1.165) is 0 Å². The highest BCUT2D eigenvalue weighted by molar-refractivity contribution is 6.39. The van der Waals surface area contributed by atoms with Gasteiger partial charge in [-0.15, -0.1) is 0 Å². The van der Waals surface area contributed by atoms with Gasteiger partial charge in [0.25, 0.3) is 0 Å². The van der Waals surface area contributed by atoms with Crippen molar-refractivity contribution < 1.29 is 0 Å². The van der Waals surface area contributed by atoms with E-state index in [0.29, 0.717) is 0 Å². The largest absolute Gasteiger partial charge is 0.353 e. The molecule has 1 N–H and O–H groups in total. The van der Waals surface area contributed by atoms with Gasteiger partial charge in [0.05, 0.1) is 22.1 Å². The topological polar surface area (TPSA) is 20.2 Å². The van der Waals surface area contributed by atoms with Crippen LogP contribution in [0.3, 0.4) is 0 Å². The molecule has 0 aliphatic carbocycles. The van der Waals surface area contributed by atoms with Gasteiger partial charge in [0.15, 0.2) is 0 Å². The molecule has 0 radical (unpaired) electrons. The lowest BCUT2D eigenvalue weighted by Crippen LogP contribution is -1.85. The molecule has 0 aliphatic rings. The first-order valence-corrected chi connectivity index (χ1v) is 13.2. The summed E-state index contributed by atoms with van der Waals surface area (Å²) < 4.78 is 2.52. The zero-order valence-corrected chi connectivity index (χ0v) is 20.4. The summed E-state index contributed by atoms with van der Waals surface area (Å²) in [4.78, 5) is 3.92. The number of benzene rings is 7. The Kier molecular flexibility index (Phi) is 3.23. The summed E-state index contributed by atoms with van der Waals surface area (Å²) in [6.45, 7) is 0. The zero-order valence-electron chi connectivity index (χ0n) is 20.4. The molecule has 0 saturated carbocycles. The third kappa shape index (κ3) is 2.13. The molecule has 0 atom stereocenters. The van der Waals surface area contributed by atoms with Gasteiger partial charge in [0, 0.05) is 37.8 Å². The number of nitrogens with zero attached hydrogens (tertiary/aromatic N) is 1. The smallest absolute Gasteiger partial charge is 0.0790 e. The van der Waals surface area contributed by atoms with Gasteiger partial charge < -0.3 is 9.38 Å². The van der Waals surface area contributed by atoms with Crippen molar-refractivity contribution in [2.45, 2.75) is 0 Å². The second kappa shape index (κ2) is 6.42. The van der Waals surface area contributed by atoms with E-state index >= 15 is 0 Å². The maximum absolute atomic E-state index is 3.92. The van der Waals surface area contributed by atoms with E-state index in [9.17, 15) is 0 Å². The predicted molar refractivity (Wildman–Crippen MR) is 163 cm³/mol. The molecule has 174 valence electrons. The molecular weight excluding hydrogens is 460 g/mol. The second-order valence-electron chi connectivity index (χ2n) is 10.6. The first-order valence-electron chi connectivity index (χ1n) is 13.2. The number of hydrogen-bond donors (Lipinski definition) is 1. The fourth-order valence-corrected chi connectivity index (χ4v) is 7.20. The fourth-order valence-electron chi connectivity index (χ4n) is 7.20. The van der Waals surface area contributed by atoms with Crippen LogP contribution < -0.4 is 0 Å². The molecule has 3 heterocycles. The summed E-state index contributed by atoms with van der Waals surface area (Å²) in [6, 6.07) is 42.6. The maximum atomic E-state index is 3.92. The normalized spacial score (nSPS) is 12.7. The second-order valence-corrected chi connectivity index (χ2v) is 10.6. The quantitative estimate of drug-likeness (QED) is 0.208. The Morgan fingerprint density at radius 3 is 1.76 bits per heavy atom. The predicted octanol–water partition coefficient (Wildman–Crippen LogP) is 9.93. The number of hydrogen-bond acceptors (Lipinski definition) is 0. The SMILES string of the molecule is c1ccc2cc3c(cc2c1)[nH]c1c3c2cc3ccccc3cc2c2c3cccc4c5ccccc5n(c43)c12. The van der Waals surface area contributed by atoms with Crippen LogP contribution in [0.25, 0.3) is 92.2 Å². The van der Waals surface area contributed by atoms with Crippen molar-refractivity contribution in [3.8, 4) is 0 Å². The van der Waals surface area contributed by atoms with E-state index in [4.69, 9.17) is 0 Å². The minimum atomic E-state index is 1.19. The Balaban J connectivity index is 1.61. The molecule has 0 fully saturated rings. The molecule has 2 heteroatoms. The molecule has 0 saturated heterocycles. The Labute approximate surface area is 216 Å². The number of para-hydroxylation sites is 2. The van der Waals surface area contributed by atoms with E-state index in [-0.39, 0.29) is 0 Å². The first-order chi connectivity index (χ1) is 18.8. The van der Waals surface area contributed by atoms with Gasteiger partial charge in [0.1, 0.15) is 0 Å². The van der Waals surface area contributed by atoms with E-state index in [2.05, 4.69) is 125 Å². The summed E-state index contributed by atoms with van der Waals surface area (Å²) in [6.07, 6.45) is 0. The van der Waals surface area contributed by atoms with Crippen molar-refractivity contribution in [2.24, 2.45) is 0 Å². The van der Waals surface area contributed by atoms with Gasteiger partial charge in [0.2, 0.25) is 0 Å². The number of aromatic nitrogens is 2.